The van der Waals surface area contributed by atoms with Crippen LogP contribution in [0.25, 0.3) is 22.4 Å². The van der Waals surface area contributed by atoms with Gasteiger partial charge < -0.3 is 0 Å². The van der Waals surface area contributed by atoms with E-state index < -0.39 is 9.84 Å². The predicted molar refractivity (Wildman–Crippen MR) is 93.8 cm³/mol. The van der Waals surface area contributed by atoms with E-state index in [-0.39, 0.29) is 5.16 Å². The molecule has 0 N–H and O–H groups in total. The Morgan fingerprint density at radius 3 is 2.12 bits per heavy atom. The van der Waals surface area contributed by atoms with Gasteiger partial charge in [0.25, 0.3) is 5.16 Å². The lowest BCUT2D eigenvalue weighted by atomic mass is 10.0. The molecule has 0 spiro atoms. The first-order valence-corrected chi connectivity index (χ1v) is 9.45. The maximum absolute atomic E-state index is 11.4. The van der Waals surface area contributed by atoms with Crippen molar-refractivity contribution in [3.8, 4) is 22.4 Å². The maximum Gasteiger partial charge on any atom is 0.267 e. The molecule has 0 aliphatic carbocycles. The molecule has 0 aliphatic heterocycles. The largest absolute Gasteiger partial charge is 0.267 e. The van der Waals surface area contributed by atoms with Gasteiger partial charge in [0.15, 0.2) is 0 Å². The summed E-state index contributed by atoms with van der Waals surface area (Å²) in [6.07, 6.45) is 2.42. The SMILES string of the molecule is CS(=O)(=O)c1ncc(-c2ccc(-c3ccc(Cl)cc3Cl)cc2)nn1. The molecule has 0 unspecified atom stereocenters. The highest BCUT2D eigenvalue weighted by molar-refractivity contribution is 7.90. The van der Waals surface area contributed by atoms with Gasteiger partial charge in [-0.3, -0.25) is 0 Å². The highest BCUT2D eigenvalue weighted by Crippen LogP contribution is 2.31. The third-order valence-electron chi connectivity index (χ3n) is 3.30. The summed E-state index contributed by atoms with van der Waals surface area (Å²) in [6, 6.07) is 12.8. The van der Waals surface area contributed by atoms with E-state index in [9.17, 15) is 8.42 Å². The number of hydrogen-bond acceptors (Lipinski definition) is 5. The van der Waals surface area contributed by atoms with E-state index in [2.05, 4.69) is 15.2 Å². The zero-order valence-corrected chi connectivity index (χ0v) is 14.8. The molecular formula is C16H11Cl2N3O2S. The van der Waals surface area contributed by atoms with Crippen LogP contribution >= 0.6 is 23.2 Å². The van der Waals surface area contributed by atoms with E-state index in [0.29, 0.717) is 15.7 Å². The first kappa shape index (κ1) is 16.8. The molecule has 2 aromatic carbocycles. The standard InChI is InChI=1S/C16H11Cl2N3O2S/c1-24(22,23)16-19-9-15(20-21-16)11-4-2-10(3-5-11)13-7-6-12(17)8-14(13)18/h2-9H,1H3. The van der Waals surface area contributed by atoms with Crippen LogP contribution in [-0.2, 0) is 9.84 Å². The molecule has 122 valence electrons. The van der Waals surface area contributed by atoms with E-state index in [4.69, 9.17) is 23.2 Å². The van der Waals surface area contributed by atoms with E-state index in [1.165, 1.54) is 6.20 Å². The zero-order chi connectivity index (χ0) is 17.3. The van der Waals surface area contributed by atoms with Crippen LogP contribution in [-0.4, -0.2) is 29.9 Å². The quantitative estimate of drug-likeness (QED) is 0.689. The normalized spacial score (nSPS) is 11.5. The van der Waals surface area contributed by atoms with E-state index in [1.54, 1.807) is 12.1 Å². The Balaban J connectivity index is 1.92. The van der Waals surface area contributed by atoms with Crippen LogP contribution in [0.5, 0.6) is 0 Å². The second-order valence-electron chi connectivity index (χ2n) is 5.10. The monoisotopic (exact) mass is 379 g/mol. The van der Waals surface area contributed by atoms with Gasteiger partial charge in [0.05, 0.1) is 6.20 Å². The Morgan fingerprint density at radius 1 is 0.917 bits per heavy atom. The first-order chi connectivity index (χ1) is 11.3. The van der Waals surface area contributed by atoms with Gasteiger partial charge >= 0.3 is 0 Å². The number of aromatic nitrogens is 3. The number of sulfone groups is 1. The van der Waals surface area contributed by atoms with Gasteiger partial charge in [0.1, 0.15) is 5.69 Å². The summed E-state index contributed by atoms with van der Waals surface area (Å²) in [5, 5.41) is 8.40. The van der Waals surface area contributed by atoms with Crippen LogP contribution < -0.4 is 0 Å². The summed E-state index contributed by atoms with van der Waals surface area (Å²) < 4.78 is 22.7. The number of benzene rings is 2. The molecular weight excluding hydrogens is 369 g/mol. The molecule has 0 aliphatic rings. The fraction of sp³-hybridized carbons (Fsp3) is 0.0625. The van der Waals surface area contributed by atoms with Crippen LogP contribution in [0.2, 0.25) is 10.0 Å². The molecule has 0 saturated carbocycles. The lowest BCUT2D eigenvalue weighted by molar-refractivity contribution is 0.589. The predicted octanol–water partition coefficient (Wildman–Crippen LogP) is 3.92. The topological polar surface area (TPSA) is 72.8 Å². The van der Waals surface area contributed by atoms with Gasteiger partial charge in [0, 0.05) is 27.4 Å². The minimum atomic E-state index is -3.46. The summed E-state index contributed by atoms with van der Waals surface area (Å²) in [5.74, 6) is 0. The average molecular weight is 380 g/mol. The third-order valence-corrected chi connectivity index (χ3v) is 4.69. The molecule has 0 fully saturated rings. The molecule has 8 heteroatoms. The molecule has 3 aromatic rings. The molecule has 0 atom stereocenters. The van der Waals surface area contributed by atoms with Crippen molar-refractivity contribution in [2.24, 2.45) is 0 Å². The molecule has 0 saturated heterocycles. The second-order valence-corrected chi connectivity index (χ2v) is 7.85. The summed E-state index contributed by atoms with van der Waals surface area (Å²) in [5.41, 5.74) is 3.04. The van der Waals surface area contributed by atoms with Gasteiger partial charge in [0.2, 0.25) is 9.84 Å². The Bertz CT molecular complexity index is 989. The molecule has 0 bridgehead atoms. The van der Waals surface area contributed by atoms with Crippen molar-refractivity contribution in [2.45, 2.75) is 5.16 Å². The number of hydrogen-bond donors (Lipinski definition) is 0. The van der Waals surface area contributed by atoms with Crippen LogP contribution in [0.4, 0.5) is 0 Å². The minimum absolute atomic E-state index is 0.296. The molecule has 0 amide bonds. The summed E-state index contributed by atoms with van der Waals surface area (Å²) in [4.78, 5) is 3.83. The lowest BCUT2D eigenvalue weighted by Gasteiger charge is -2.06. The lowest BCUT2D eigenvalue weighted by Crippen LogP contribution is -2.05. The van der Waals surface area contributed by atoms with Crippen LogP contribution in [0.3, 0.4) is 0 Å². The minimum Gasteiger partial charge on any atom is -0.223 e. The van der Waals surface area contributed by atoms with Crippen LogP contribution in [0.15, 0.2) is 53.8 Å². The smallest absolute Gasteiger partial charge is 0.223 e. The van der Waals surface area contributed by atoms with Crippen molar-refractivity contribution >= 4 is 33.0 Å². The summed E-state index contributed by atoms with van der Waals surface area (Å²) in [6.45, 7) is 0. The third kappa shape index (κ3) is 3.56. The van der Waals surface area contributed by atoms with Gasteiger partial charge in [-0.05, 0) is 17.7 Å². The van der Waals surface area contributed by atoms with E-state index >= 15 is 0 Å². The number of halogens is 2. The zero-order valence-electron chi connectivity index (χ0n) is 12.4. The Hall–Kier alpha value is -2.02. The fourth-order valence-corrected chi connectivity index (χ4v) is 3.06. The highest BCUT2D eigenvalue weighted by Gasteiger charge is 2.12. The van der Waals surface area contributed by atoms with Gasteiger partial charge in [-0.15, -0.1) is 10.2 Å². The first-order valence-electron chi connectivity index (χ1n) is 6.80. The summed E-state index contributed by atoms with van der Waals surface area (Å²) in [7, 11) is -3.46. The van der Waals surface area contributed by atoms with E-state index in [1.807, 2.05) is 30.3 Å². The molecule has 3 rings (SSSR count). The Morgan fingerprint density at radius 2 is 1.58 bits per heavy atom. The number of nitrogens with zero attached hydrogens (tertiary/aromatic N) is 3. The van der Waals surface area contributed by atoms with Crippen molar-refractivity contribution in [3.63, 3.8) is 0 Å². The van der Waals surface area contributed by atoms with Crippen molar-refractivity contribution in [2.75, 3.05) is 6.26 Å². The van der Waals surface area contributed by atoms with Crippen molar-refractivity contribution in [1.29, 1.82) is 0 Å². The Labute approximate surface area is 149 Å². The fourth-order valence-electron chi connectivity index (χ4n) is 2.11. The molecule has 1 aromatic heterocycles. The van der Waals surface area contributed by atoms with Gasteiger partial charge in [-0.2, -0.15) is 0 Å². The van der Waals surface area contributed by atoms with Gasteiger partial charge in [-0.1, -0.05) is 53.5 Å². The van der Waals surface area contributed by atoms with Gasteiger partial charge in [-0.25, -0.2) is 13.4 Å². The van der Waals surface area contributed by atoms with Crippen molar-refractivity contribution in [1.82, 2.24) is 15.2 Å². The average Bonchev–Trinajstić information content (AvgIpc) is 2.54. The van der Waals surface area contributed by atoms with Crippen molar-refractivity contribution in [3.05, 3.63) is 58.7 Å². The number of rotatable bonds is 3. The van der Waals surface area contributed by atoms with E-state index in [0.717, 1.165) is 22.9 Å². The molecule has 1 heterocycles. The van der Waals surface area contributed by atoms with Crippen LogP contribution in [0, 0.1) is 0 Å². The second kappa shape index (κ2) is 6.47. The van der Waals surface area contributed by atoms with Crippen molar-refractivity contribution < 1.29 is 8.42 Å². The molecule has 0 radical (unpaired) electrons. The summed E-state index contributed by atoms with van der Waals surface area (Å²) >= 11 is 12.1. The highest BCUT2D eigenvalue weighted by atomic mass is 35.5. The molecule has 24 heavy (non-hydrogen) atoms. The Kier molecular flexibility index (Phi) is 4.54. The van der Waals surface area contributed by atoms with Crippen LogP contribution in [0.1, 0.15) is 0 Å². The maximum atomic E-state index is 11.4. The molecule has 5 nitrogen and oxygen atoms in total.